The molecule has 4 amide bonds. The Hall–Kier alpha value is -3.10. The second kappa shape index (κ2) is 6.90. The van der Waals surface area contributed by atoms with Crippen LogP contribution in [-0.2, 0) is 19.9 Å². The van der Waals surface area contributed by atoms with E-state index in [4.69, 9.17) is 4.74 Å². The lowest BCUT2D eigenvalue weighted by molar-refractivity contribution is -0.149. The Balaban J connectivity index is 1.77. The molecule has 2 aliphatic heterocycles. The fraction of sp³-hybridized carbons (Fsp3) is 0.444. The highest BCUT2D eigenvalue weighted by Crippen LogP contribution is 2.30. The van der Waals surface area contributed by atoms with Crippen molar-refractivity contribution >= 4 is 23.8 Å². The van der Waals surface area contributed by atoms with Crippen LogP contribution in [0.2, 0.25) is 0 Å². The number of nitrogens with one attached hydrogen (secondary N) is 1. The number of aliphatic carboxylic acids is 1. The third-order valence-corrected chi connectivity index (χ3v) is 5.09. The summed E-state index contributed by atoms with van der Waals surface area (Å²) in [5.41, 5.74) is -0.748. The predicted molar refractivity (Wildman–Crippen MR) is 93.0 cm³/mol. The maximum atomic E-state index is 12.9. The SMILES string of the molecule is COc1ccc(C2(C)NC(=O)N(CC(=O)N3CCC[C@@H]3C(=O)O)C2=O)cc1. The van der Waals surface area contributed by atoms with Crippen LogP contribution in [0.4, 0.5) is 4.79 Å². The molecule has 3 rings (SSSR count). The van der Waals surface area contributed by atoms with Crippen LogP contribution in [0.3, 0.4) is 0 Å². The monoisotopic (exact) mass is 375 g/mol. The largest absolute Gasteiger partial charge is 0.497 e. The predicted octanol–water partition coefficient (Wildman–Crippen LogP) is 0.538. The summed E-state index contributed by atoms with van der Waals surface area (Å²) < 4.78 is 5.09. The molecule has 1 aromatic rings. The molecule has 9 heteroatoms. The number of hydrogen-bond donors (Lipinski definition) is 2. The summed E-state index contributed by atoms with van der Waals surface area (Å²) in [5.74, 6) is -1.58. The van der Waals surface area contributed by atoms with Crippen LogP contribution in [-0.4, -0.2) is 65.0 Å². The first-order valence-corrected chi connectivity index (χ1v) is 8.59. The average Bonchev–Trinajstić information content (AvgIpc) is 3.22. The zero-order valence-corrected chi connectivity index (χ0v) is 15.1. The first kappa shape index (κ1) is 18.7. The van der Waals surface area contributed by atoms with Crippen molar-refractivity contribution in [3.63, 3.8) is 0 Å². The number of carboxylic acid groups (broad SMARTS) is 1. The maximum absolute atomic E-state index is 12.9. The zero-order chi connectivity index (χ0) is 19.8. The molecule has 27 heavy (non-hydrogen) atoms. The van der Waals surface area contributed by atoms with Gasteiger partial charge in [-0.2, -0.15) is 0 Å². The molecule has 2 saturated heterocycles. The van der Waals surface area contributed by atoms with Gasteiger partial charge in [-0.15, -0.1) is 0 Å². The Morgan fingerprint density at radius 2 is 1.96 bits per heavy atom. The number of imide groups is 1. The van der Waals surface area contributed by atoms with Gasteiger partial charge in [-0.1, -0.05) is 12.1 Å². The van der Waals surface area contributed by atoms with Crippen molar-refractivity contribution in [1.82, 2.24) is 15.1 Å². The molecule has 0 aromatic heterocycles. The molecule has 1 unspecified atom stereocenters. The van der Waals surface area contributed by atoms with Crippen LogP contribution in [0.5, 0.6) is 5.75 Å². The van der Waals surface area contributed by atoms with Crippen LogP contribution in [0.25, 0.3) is 0 Å². The van der Waals surface area contributed by atoms with Crippen molar-refractivity contribution in [2.45, 2.75) is 31.3 Å². The van der Waals surface area contributed by atoms with Crippen molar-refractivity contribution in [3.05, 3.63) is 29.8 Å². The van der Waals surface area contributed by atoms with E-state index in [1.165, 1.54) is 12.0 Å². The lowest BCUT2D eigenvalue weighted by atomic mass is 9.92. The molecule has 0 radical (unpaired) electrons. The van der Waals surface area contributed by atoms with E-state index in [9.17, 15) is 24.3 Å². The van der Waals surface area contributed by atoms with Gasteiger partial charge in [0, 0.05) is 6.54 Å². The molecular weight excluding hydrogens is 354 g/mol. The summed E-state index contributed by atoms with van der Waals surface area (Å²) in [7, 11) is 1.52. The number of benzene rings is 1. The van der Waals surface area contributed by atoms with E-state index in [0.29, 0.717) is 30.7 Å². The van der Waals surface area contributed by atoms with E-state index in [1.54, 1.807) is 31.2 Å². The Morgan fingerprint density at radius 1 is 1.30 bits per heavy atom. The highest BCUT2D eigenvalue weighted by atomic mass is 16.5. The van der Waals surface area contributed by atoms with Gasteiger partial charge in [0.1, 0.15) is 23.9 Å². The van der Waals surface area contributed by atoms with E-state index in [0.717, 1.165) is 4.90 Å². The molecule has 0 saturated carbocycles. The Bertz CT molecular complexity index is 793. The third-order valence-electron chi connectivity index (χ3n) is 5.09. The summed E-state index contributed by atoms with van der Waals surface area (Å²) in [4.78, 5) is 51.0. The minimum atomic E-state index is -1.30. The topological polar surface area (TPSA) is 116 Å². The minimum Gasteiger partial charge on any atom is -0.497 e. The normalized spacial score (nSPS) is 24.9. The summed E-state index contributed by atoms with van der Waals surface area (Å²) in [6, 6.07) is 5.10. The molecule has 2 heterocycles. The van der Waals surface area contributed by atoms with Crippen molar-refractivity contribution in [2.75, 3.05) is 20.2 Å². The second-order valence-corrected chi connectivity index (χ2v) is 6.76. The van der Waals surface area contributed by atoms with Gasteiger partial charge in [0.15, 0.2) is 0 Å². The van der Waals surface area contributed by atoms with Crippen LogP contribution in [0, 0.1) is 0 Å². The fourth-order valence-electron chi connectivity index (χ4n) is 3.51. The van der Waals surface area contributed by atoms with E-state index < -0.39 is 41.9 Å². The van der Waals surface area contributed by atoms with E-state index >= 15 is 0 Å². The fourth-order valence-corrected chi connectivity index (χ4v) is 3.51. The number of carboxylic acids is 1. The number of methoxy groups -OCH3 is 1. The molecule has 2 fully saturated rings. The number of carbonyl (C=O) groups is 4. The van der Waals surface area contributed by atoms with Crippen molar-refractivity contribution < 1.29 is 29.0 Å². The quantitative estimate of drug-likeness (QED) is 0.726. The molecule has 0 bridgehead atoms. The second-order valence-electron chi connectivity index (χ2n) is 6.76. The number of likely N-dealkylation sites (tertiary alicyclic amines) is 1. The van der Waals surface area contributed by atoms with Gasteiger partial charge >= 0.3 is 12.0 Å². The molecule has 2 atom stereocenters. The summed E-state index contributed by atoms with van der Waals surface area (Å²) in [6.07, 6.45) is 0.942. The lowest BCUT2D eigenvalue weighted by Gasteiger charge is -2.25. The number of urea groups is 1. The number of hydrogen-bond acceptors (Lipinski definition) is 5. The van der Waals surface area contributed by atoms with Gasteiger partial charge in [-0.05, 0) is 37.5 Å². The molecule has 2 aliphatic rings. The number of nitrogens with zero attached hydrogens (tertiary/aromatic N) is 2. The molecular formula is C18H21N3O6. The molecule has 9 nitrogen and oxygen atoms in total. The van der Waals surface area contributed by atoms with Crippen molar-refractivity contribution in [3.8, 4) is 5.75 Å². The first-order chi connectivity index (χ1) is 12.8. The zero-order valence-electron chi connectivity index (χ0n) is 15.1. The van der Waals surface area contributed by atoms with Crippen molar-refractivity contribution in [2.24, 2.45) is 0 Å². The Labute approximate surface area is 155 Å². The van der Waals surface area contributed by atoms with Gasteiger partial charge in [0.05, 0.1) is 7.11 Å². The van der Waals surface area contributed by atoms with Crippen LogP contribution < -0.4 is 10.1 Å². The lowest BCUT2D eigenvalue weighted by Crippen LogP contribution is -2.47. The average molecular weight is 375 g/mol. The summed E-state index contributed by atoms with van der Waals surface area (Å²) in [6.45, 7) is 1.38. The van der Waals surface area contributed by atoms with E-state index in [2.05, 4.69) is 5.32 Å². The van der Waals surface area contributed by atoms with Gasteiger partial charge in [0.2, 0.25) is 5.91 Å². The van der Waals surface area contributed by atoms with Gasteiger partial charge in [0.25, 0.3) is 5.91 Å². The molecule has 1 aromatic carbocycles. The maximum Gasteiger partial charge on any atom is 0.326 e. The summed E-state index contributed by atoms with van der Waals surface area (Å²) in [5, 5.41) is 11.8. The Morgan fingerprint density at radius 3 is 2.56 bits per heavy atom. The first-order valence-electron chi connectivity index (χ1n) is 8.59. The van der Waals surface area contributed by atoms with Crippen LogP contribution >= 0.6 is 0 Å². The van der Waals surface area contributed by atoms with Crippen LogP contribution in [0.1, 0.15) is 25.3 Å². The van der Waals surface area contributed by atoms with E-state index in [-0.39, 0.29) is 0 Å². The molecule has 2 N–H and O–H groups in total. The number of rotatable bonds is 5. The van der Waals surface area contributed by atoms with Crippen molar-refractivity contribution in [1.29, 1.82) is 0 Å². The summed E-state index contributed by atoms with van der Waals surface area (Å²) >= 11 is 0. The van der Waals surface area contributed by atoms with Gasteiger partial charge < -0.3 is 20.1 Å². The minimum absolute atomic E-state index is 0.301. The highest BCUT2D eigenvalue weighted by Gasteiger charge is 2.50. The highest BCUT2D eigenvalue weighted by molar-refractivity contribution is 6.09. The Kier molecular flexibility index (Phi) is 4.77. The number of carbonyl (C=O) groups excluding carboxylic acids is 3. The third kappa shape index (κ3) is 3.20. The van der Waals surface area contributed by atoms with Crippen LogP contribution in [0.15, 0.2) is 24.3 Å². The number of amides is 4. The van der Waals surface area contributed by atoms with E-state index in [1.807, 2.05) is 0 Å². The number of ether oxygens (including phenoxy) is 1. The molecule has 144 valence electrons. The van der Waals surface area contributed by atoms with Gasteiger partial charge in [-0.3, -0.25) is 14.5 Å². The molecule has 0 spiro atoms. The smallest absolute Gasteiger partial charge is 0.326 e. The van der Waals surface area contributed by atoms with Gasteiger partial charge in [-0.25, -0.2) is 9.59 Å². The molecule has 0 aliphatic carbocycles. The standard InChI is InChI=1S/C18H21N3O6/c1-18(11-5-7-12(27-2)8-6-11)16(25)21(17(26)19-18)10-14(22)20-9-3-4-13(20)15(23)24/h5-8,13H,3-4,9-10H2,1-2H3,(H,19,26)(H,23,24)/t13-,18?/m1/s1.